The maximum absolute atomic E-state index is 13.1. The number of anilines is 1. The Morgan fingerprint density at radius 3 is 2.55 bits per heavy atom. The van der Waals surface area contributed by atoms with Crippen LogP contribution in [0.2, 0.25) is 0 Å². The maximum Gasteiger partial charge on any atom is 0.319 e. The van der Waals surface area contributed by atoms with Gasteiger partial charge in [-0.25, -0.2) is 4.79 Å². The molecule has 8 nitrogen and oxygen atoms in total. The maximum atomic E-state index is 13.1. The molecule has 1 atom stereocenters. The Balaban J connectivity index is 1.56. The van der Waals surface area contributed by atoms with Crippen LogP contribution in [0.1, 0.15) is 54.5 Å². The van der Waals surface area contributed by atoms with Crippen molar-refractivity contribution in [2.75, 3.05) is 18.4 Å². The van der Waals surface area contributed by atoms with E-state index >= 15 is 0 Å². The highest BCUT2D eigenvalue weighted by Crippen LogP contribution is 2.25. The Morgan fingerprint density at radius 1 is 1.03 bits per heavy atom. The van der Waals surface area contributed by atoms with Crippen molar-refractivity contribution < 1.29 is 9.59 Å². The molecule has 2 aromatic heterocycles. The van der Waals surface area contributed by atoms with E-state index in [0.717, 1.165) is 37.1 Å². The van der Waals surface area contributed by atoms with Gasteiger partial charge >= 0.3 is 6.03 Å². The number of nitrogens with zero attached hydrogens (tertiary/aromatic N) is 4. The van der Waals surface area contributed by atoms with Gasteiger partial charge in [0.1, 0.15) is 0 Å². The SMILES string of the molecule is Cc1cccc(NC(=O)NC(c2nnc3ccccn23)C(C)C)c1C(=O)N1CCCC1. The normalized spacial score (nSPS) is 14.8. The molecule has 1 unspecified atom stereocenters. The van der Waals surface area contributed by atoms with Crippen LogP contribution in [0.25, 0.3) is 5.65 Å². The number of benzene rings is 1. The Hall–Kier alpha value is -3.42. The molecule has 0 aliphatic carbocycles. The topological polar surface area (TPSA) is 91.6 Å². The number of fused-ring (bicyclic) bond motifs is 1. The summed E-state index contributed by atoms with van der Waals surface area (Å²) in [6.45, 7) is 7.45. The molecule has 3 heterocycles. The number of likely N-dealkylation sites (tertiary alicyclic amines) is 1. The molecule has 1 fully saturated rings. The molecule has 4 rings (SSSR count). The van der Waals surface area contributed by atoms with Crippen LogP contribution in [0.3, 0.4) is 0 Å². The summed E-state index contributed by atoms with van der Waals surface area (Å²) in [5, 5.41) is 14.4. The zero-order chi connectivity index (χ0) is 22.0. The Kier molecular flexibility index (Phi) is 5.88. The van der Waals surface area contributed by atoms with E-state index < -0.39 is 0 Å². The van der Waals surface area contributed by atoms with Crippen molar-refractivity contribution in [3.8, 4) is 0 Å². The fourth-order valence-corrected chi connectivity index (χ4v) is 4.04. The van der Waals surface area contributed by atoms with Crippen molar-refractivity contribution >= 4 is 23.3 Å². The first-order valence-electron chi connectivity index (χ1n) is 10.7. The molecule has 8 heteroatoms. The Labute approximate surface area is 181 Å². The summed E-state index contributed by atoms with van der Waals surface area (Å²) >= 11 is 0. The van der Waals surface area contributed by atoms with Gasteiger partial charge in [0.15, 0.2) is 11.5 Å². The third-order valence-corrected chi connectivity index (χ3v) is 5.70. The van der Waals surface area contributed by atoms with Gasteiger partial charge in [0.25, 0.3) is 5.91 Å². The molecular weight excluding hydrogens is 392 g/mol. The number of pyridine rings is 1. The van der Waals surface area contributed by atoms with Crippen molar-refractivity contribution in [2.45, 2.75) is 39.7 Å². The molecule has 1 aliphatic heterocycles. The summed E-state index contributed by atoms with van der Waals surface area (Å²) < 4.78 is 1.87. The number of amides is 3. The van der Waals surface area contributed by atoms with Crippen LogP contribution in [-0.2, 0) is 0 Å². The number of hydrogen-bond donors (Lipinski definition) is 2. The largest absolute Gasteiger partial charge is 0.339 e. The van der Waals surface area contributed by atoms with Gasteiger partial charge in [0, 0.05) is 19.3 Å². The quantitative estimate of drug-likeness (QED) is 0.657. The number of aryl methyl sites for hydroxylation is 1. The van der Waals surface area contributed by atoms with Crippen LogP contribution in [0.15, 0.2) is 42.6 Å². The first-order valence-corrected chi connectivity index (χ1v) is 10.7. The number of carbonyl (C=O) groups is 2. The van der Waals surface area contributed by atoms with Gasteiger partial charge in [-0.1, -0.05) is 32.0 Å². The third kappa shape index (κ3) is 4.23. The smallest absolute Gasteiger partial charge is 0.319 e. The van der Waals surface area contributed by atoms with E-state index in [2.05, 4.69) is 20.8 Å². The van der Waals surface area contributed by atoms with Crippen LogP contribution in [0, 0.1) is 12.8 Å². The minimum atomic E-state index is -0.382. The highest BCUT2D eigenvalue weighted by atomic mass is 16.2. The van der Waals surface area contributed by atoms with Crippen LogP contribution in [0.5, 0.6) is 0 Å². The van der Waals surface area contributed by atoms with Crippen molar-refractivity contribution in [1.29, 1.82) is 0 Å². The van der Waals surface area contributed by atoms with Crippen LogP contribution in [0.4, 0.5) is 10.5 Å². The average Bonchev–Trinajstić information content (AvgIpc) is 3.42. The summed E-state index contributed by atoms with van der Waals surface area (Å²) in [5.74, 6) is 0.717. The third-order valence-electron chi connectivity index (χ3n) is 5.70. The minimum absolute atomic E-state index is 0.0326. The lowest BCUT2D eigenvalue weighted by molar-refractivity contribution is 0.0793. The van der Waals surface area contributed by atoms with Crippen molar-refractivity contribution in [2.24, 2.45) is 5.92 Å². The van der Waals surface area contributed by atoms with Gasteiger partial charge in [0.05, 0.1) is 17.3 Å². The van der Waals surface area contributed by atoms with Crippen molar-refractivity contribution in [3.05, 3.63) is 59.5 Å². The van der Waals surface area contributed by atoms with Crippen LogP contribution >= 0.6 is 0 Å². The zero-order valence-corrected chi connectivity index (χ0v) is 18.1. The second-order valence-electron chi connectivity index (χ2n) is 8.30. The molecule has 0 radical (unpaired) electrons. The molecule has 1 saturated heterocycles. The van der Waals surface area contributed by atoms with Gasteiger partial charge in [0.2, 0.25) is 0 Å². The predicted octanol–water partition coefficient (Wildman–Crippen LogP) is 3.79. The molecular formula is C23H28N6O2. The fraction of sp³-hybridized carbons (Fsp3) is 0.391. The Morgan fingerprint density at radius 2 is 1.81 bits per heavy atom. The monoisotopic (exact) mass is 420 g/mol. The number of carbonyl (C=O) groups excluding carboxylic acids is 2. The zero-order valence-electron chi connectivity index (χ0n) is 18.1. The van der Waals surface area contributed by atoms with Crippen LogP contribution in [-0.4, -0.2) is 44.5 Å². The molecule has 0 spiro atoms. The van der Waals surface area contributed by atoms with E-state index in [0.29, 0.717) is 17.1 Å². The van der Waals surface area contributed by atoms with E-state index in [1.807, 2.05) is 66.6 Å². The molecule has 3 aromatic rings. The van der Waals surface area contributed by atoms with Gasteiger partial charge < -0.3 is 15.5 Å². The van der Waals surface area contributed by atoms with Crippen LogP contribution < -0.4 is 10.6 Å². The highest BCUT2D eigenvalue weighted by molar-refractivity contribution is 6.04. The molecule has 1 aromatic carbocycles. The lowest BCUT2D eigenvalue weighted by Gasteiger charge is -2.23. The second-order valence-corrected chi connectivity index (χ2v) is 8.30. The molecule has 3 amide bonds. The standard InChI is InChI=1S/C23H28N6O2/c1-15(2)20(21-27-26-18-11-4-5-14-29(18)21)25-23(31)24-17-10-8-9-16(3)19(17)22(30)28-12-6-7-13-28/h4-5,8-11,14-15,20H,6-7,12-13H2,1-3H3,(H2,24,25,31). The molecule has 31 heavy (non-hydrogen) atoms. The van der Waals surface area contributed by atoms with E-state index in [4.69, 9.17) is 0 Å². The first-order chi connectivity index (χ1) is 15.0. The van der Waals surface area contributed by atoms with E-state index in [-0.39, 0.29) is 23.9 Å². The summed E-state index contributed by atoms with van der Waals surface area (Å²) in [4.78, 5) is 27.9. The fourth-order valence-electron chi connectivity index (χ4n) is 4.04. The van der Waals surface area contributed by atoms with E-state index in [1.165, 1.54) is 0 Å². The minimum Gasteiger partial charge on any atom is -0.339 e. The molecule has 1 aliphatic rings. The number of rotatable bonds is 5. The number of nitrogens with one attached hydrogen (secondary N) is 2. The molecule has 0 bridgehead atoms. The van der Waals surface area contributed by atoms with Gasteiger partial charge in [-0.15, -0.1) is 10.2 Å². The number of urea groups is 1. The van der Waals surface area contributed by atoms with Gasteiger partial charge in [-0.2, -0.15) is 0 Å². The van der Waals surface area contributed by atoms with Crippen molar-refractivity contribution in [3.63, 3.8) is 0 Å². The lowest BCUT2D eigenvalue weighted by Crippen LogP contribution is -2.37. The molecule has 2 N–H and O–H groups in total. The summed E-state index contributed by atoms with van der Waals surface area (Å²) in [7, 11) is 0. The predicted molar refractivity (Wildman–Crippen MR) is 119 cm³/mol. The molecule has 0 saturated carbocycles. The van der Waals surface area contributed by atoms with E-state index in [1.54, 1.807) is 6.07 Å². The Bertz CT molecular complexity index is 1100. The van der Waals surface area contributed by atoms with Crippen molar-refractivity contribution in [1.82, 2.24) is 24.8 Å². The lowest BCUT2D eigenvalue weighted by atomic mass is 10.0. The number of aromatic nitrogens is 3. The summed E-state index contributed by atoms with van der Waals surface area (Å²) in [6.07, 6.45) is 3.92. The molecule has 162 valence electrons. The average molecular weight is 421 g/mol. The second kappa shape index (κ2) is 8.75. The van der Waals surface area contributed by atoms with Gasteiger partial charge in [-0.05, 0) is 49.4 Å². The van der Waals surface area contributed by atoms with Gasteiger partial charge in [-0.3, -0.25) is 9.20 Å². The first kappa shape index (κ1) is 20.8. The van der Waals surface area contributed by atoms with E-state index in [9.17, 15) is 9.59 Å². The number of hydrogen-bond acceptors (Lipinski definition) is 4. The summed E-state index contributed by atoms with van der Waals surface area (Å²) in [6, 6.07) is 10.5. The highest BCUT2D eigenvalue weighted by Gasteiger charge is 2.26. The summed E-state index contributed by atoms with van der Waals surface area (Å²) in [5.41, 5.74) is 2.64.